The number of halogens is 1. The van der Waals surface area contributed by atoms with E-state index in [2.05, 4.69) is 15.6 Å². The SMILES string of the molecule is O=C(NCCc1ccc(Cl)cc1)c1cncc(C(=O)NC2CCCC2)c1. The second-order valence-electron chi connectivity index (χ2n) is 6.55. The summed E-state index contributed by atoms with van der Waals surface area (Å²) in [5.41, 5.74) is 1.90. The van der Waals surface area contributed by atoms with Gasteiger partial charge in [-0.05, 0) is 43.0 Å². The van der Waals surface area contributed by atoms with Gasteiger partial charge in [0.25, 0.3) is 11.8 Å². The predicted octanol–water partition coefficient (Wildman–Crippen LogP) is 3.38. The zero-order valence-electron chi connectivity index (χ0n) is 14.5. The molecule has 3 rings (SSSR count). The van der Waals surface area contributed by atoms with Gasteiger partial charge in [0.2, 0.25) is 0 Å². The fraction of sp³-hybridized carbons (Fsp3) is 0.350. The first-order valence-electron chi connectivity index (χ1n) is 8.90. The van der Waals surface area contributed by atoms with Crippen LogP contribution in [0.4, 0.5) is 0 Å². The van der Waals surface area contributed by atoms with Gasteiger partial charge in [-0.1, -0.05) is 36.6 Å². The van der Waals surface area contributed by atoms with Crippen molar-refractivity contribution in [1.29, 1.82) is 0 Å². The molecule has 0 saturated heterocycles. The second-order valence-corrected chi connectivity index (χ2v) is 6.99. The molecule has 2 aromatic rings. The molecule has 5 nitrogen and oxygen atoms in total. The molecule has 1 heterocycles. The number of nitrogens with zero attached hydrogens (tertiary/aromatic N) is 1. The van der Waals surface area contributed by atoms with E-state index in [1.54, 1.807) is 6.07 Å². The van der Waals surface area contributed by atoms with Gasteiger partial charge in [-0.2, -0.15) is 0 Å². The Balaban J connectivity index is 1.53. The molecule has 0 unspecified atom stereocenters. The smallest absolute Gasteiger partial charge is 0.253 e. The van der Waals surface area contributed by atoms with Crippen molar-refractivity contribution < 1.29 is 9.59 Å². The van der Waals surface area contributed by atoms with Crippen LogP contribution in [-0.4, -0.2) is 29.4 Å². The van der Waals surface area contributed by atoms with E-state index in [-0.39, 0.29) is 17.9 Å². The Hall–Kier alpha value is -2.40. The molecule has 0 aliphatic heterocycles. The summed E-state index contributed by atoms with van der Waals surface area (Å²) in [6.45, 7) is 0.499. The lowest BCUT2D eigenvalue weighted by atomic mass is 10.1. The summed E-state index contributed by atoms with van der Waals surface area (Å²) < 4.78 is 0. The van der Waals surface area contributed by atoms with Gasteiger partial charge < -0.3 is 10.6 Å². The maximum Gasteiger partial charge on any atom is 0.253 e. The first-order valence-corrected chi connectivity index (χ1v) is 9.28. The van der Waals surface area contributed by atoms with Gasteiger partial charge in [0.15, 0.2) is 0 Å². The van der Waals surface area contributed by atoms with E-state index in [0.29, 0.717) is 29.1 Å². The van der Waals surface area contributed by atoms with Crippen molar-refractivity contribution in [3.63, 3.8) is 0 Å². The summed E-state index contributed by atoms with van der Waals surface area (Å²) in [4.78, 5) is 28.7. The van der Waals surface area contributed by atoms with E-state index < -0.39 is 0 Å². The van der Waals surface area contributed by atoms with E-state index in [1.165, 1.54) is 12.4 Å². The van der Waals surface area contributed by atoms with Crippen LogP contribution in [0, 0.1) is 0 Å². The van der Waals surface area contributed by atoms with Crippen LogP contribution in [0.2, 0.25) is 5.02 Å². The van der Waals surface area contributed by atoms with Crippen molar-refractivity contribution in [3.05, 3.63) is 64.4 Å². The molecule has 0 atom stereocenters. The first kappa shape index (κ1) is 18.4. The molecular weight excluding hydrogens is 350 g/mol. The summed E-state index contributed by atoms with van der Waals surface area (Å²) in [5, 5.41) is 6.56. The topological polar surface area (TPSA) is 71.1 Å². The number of amides is 2. The van der Waals surface area contributed by atoms with Gasteiger partial charge in [0, 0.05) is 30.0 Å². The van der Waals surface area contributed by atoms with Gasteiger partial charge in [-0.3, -0.25) is 14.6 Å². The second kappa shape index (κ2) is 8.81. The number of benzene rings is 1. The summed E-state index contributed by atoms with van der Waals surface area (Å²) in [6.07, 6.45) is 8.02. The maximum absolute atomic E-state index is 12.3. The van der Waals surface area contributed by atoms with Gasteiger partial charge >= 0.3 is 0 Å². The van der Waals surface area contributed by atoms with E-state index in [1.807, 2.05) is 24.3 Å². The molecule has 136 valence electrons. The normalized spacial score (nSPS) is 14.2. The van der Waals surface area contributed by atoms with Crippen LogP contribution >= 0.6 is 11.6 Å². The molecule has 1 aromatic heterocycles. The Morgan fingerprint density at radius 3 is 2.38 bits per heavy atom. The van der Waals surface area contributed by atoms with Crippen molar-refractivity contribution in [2.24, 2.45) is 0 Å². The molecule has 2 amide bonds. The summed E-state index contributed by atoms with van der Waals surface area (Å²) in [6, 6.07) is 9.35. The highest BCUT2D eigenvalue weighted by Gasteiger charge is 2.18. The third-order valence-electron chi connectivity index (χ3n) is 4.57. The van der Waals surface area contributed by atoms with Crippen LogP contribution in [0.3, 0.4) is 0 Å². The average molecular weight is 372 g/mol. The van der Waals surface area contributed by atoms with Gasteiger partial charge in [-0.25, -0.2) is 0 Å². The van der Waals surface area contributed by atoms with Crippen LogP contribution in [0.5, 0.6) is 0 Å². The number of pyridine rings is 1. The van der Waals surface area contributed by atoms with Gasteiger partial charge in [0.05, 0.1) is 11.1 Å². The molecule has 6 heteroatoms. The largest absolute Gasteiger partial charge is 0.352 e. The highest BCUT2D eigenvalue weighted by Crippen LogP contribution is 2.18. The Labute approximate surface area is 158 Å². The summed E-state index contributed by atoms with van der Waals surface area (Å²) in [7, 11) is 0. The van der Waals surface area contributed by atoms with Crippen molar-refractivity contribution in [3.8, 4) is 0 Å². The molecule has 1 aliphatic rings. The fourth-order valence-corrected chi connectivity index (χ4v) is 3.23. The highest BCUT2D eigenvalue weighted by molar-refractivity contribution is 6.30. The lowest BCUT2D eigenvalue weighted by Crippen LogP contribution is -2.33. The Kier molecular flexibility index (Phi) is 6.23. The van der Waals surface area contributed by atoms with Crippen LogP contribution < -0.4 is 10.6 Å². The number of nitrogens with one attached hydrogen (secondary N) is 2. The van der Waals surface area contributed by atoms with Crippen LogP contribution in [0.1, 0.15) is 52.0 Å². The highest BCUT2D eigenvalue weighted by atomic mass is 35.5. The number of carbonyl (C=O) groups is 2. The first-order chi connectivity index (χ1) is 12.6. The van der Waals surface area contributed by atoms with Crippen molar-refractivity contribution >= 4 is 23.4 Å². The minimum absolute atomic E-state index is 0.166. The number of rotatable bonds is 6. The minimum atomic E-state index is -0.234. The third-order valence-corrected chi connectivity index (χ3v) is 4.82. The minimum Gasteiger partial charge on any atom is -0.352 e. The van der Waals surface area contributed by atoms with Crippen LogP contribution in [-0.2, 0) is 6.42 Å². The standard InChI is InChI=1S/C20H22ClN3O2/c21-17-7-5-14(6-8-17)9-10-23-19(25)15-11-16(13-22-12-15)20(26)24-18-3-1-2-4-18/h5-8,11-13,18H,1-4,9-10H2,(H,23,25)(H,24,26). The van der Waals surface area contributed by atoms with E-state index in [4.69, 9.17) is 11.6 Å². The maximum atomic E-state index is 12.3. The fourth-order valence-electron chi connectivity index (χ4n) is 3.10. The molecule has 2 N–H and O–H groups in total. The molecule has 1 aliphatic carbocycles. The van der Waals surface area contributed by atoms with E-state index in [9.17, 15) is 9.59 Å². The monoisotopic (exact) mass is 371 g/mol. The predicted molar refractivity (Wildman–Crippen MR) is 101 cm³/mol. The van der Waals surface area contributed by atoms with Crippen molar-refractivity contribution in [2.75, 3.05) is 6.54 Å². The average Bonchev–Trinajstić information content (AvgIpc) is 3.16. The number of hydrogen-bond donors (Lipinski definition) is 2. The zero-order valence-corrected chi connectivity index (χ0v) is 15.3. The third kappa shape index (κ3) is 5.05. The zero-order chi connectivity index (χ0) is 18.4. The number of carbonyl (C=O) groups excluding carboxylic acids is 2. The molecule has 1 fully saturated rings. The Morgan fingerprint density at radius 1 is 1.04 bits per heavy atom. The molecule has 0 radical (unpaired) electrons. The van der Waals surface area contributed by atoms with E-state index in [0.717, 1.165) is 31.2 Å². The summed E-state index contributed by atoms with van der Waals surface area (Å²) in [5.74, 6) is -0.401. The molecule has 1 saturated carbocycles. The lowest BCUT2D eigenvalue weighted by molar-refractivity contribution is 0.0937. The Bertz CT molecular complexity index is 771. The number of aromatic nitrogens is 1. The quantitative estimate of drug-likeness (QED) is 0.817. The molecule has 0 spiro atoms. The lowest BCUT2D eigenvalue weighted by Gasteiger charge is -2.12. The van der Waals surface area contributed by atoms with Crippen LogP contribution in [0.25, 0.3) is 0 Å². The van der Waals surface area contributed by atoms with Crippen molar-refractivity contribution in [2.45, 2.75) is 38.1 Å². The number of hydrogen-bond acceptors (Lipinski definition) is 3. The molecular formula is C20H22ClN3O2. The molecule has 1 aromatic carbocycles. The van der Waals surface area contributed by atoms with Crippen LogP contribution in [0.15, 0.2) is 42.7 Å². The molecule has 26 heavy (non-hydrogen) atoms. The van der Waals surface area contributed by atoms with E-state index >= 15 is 0 Å². The Morgan fingerprint density at radius 2 is 1.69 bits per heavy atom. The van der Waals surface area contributed by atoms with Gasteiger partial charge in [0.1, 0.15) is 0 Å². The van der Waals surface area contributed by atoms with Crippen molar-refractivity contribution in [1.82, 2.24) is 15.6 Å². The molecule has 0 bridgehead atoms. The van der Waals surface area contributed by atoms with Gasteiger partial charge in [-0.15, -0.1) is 0 Å². The summed E-state index contributed by atoms with van der Waals surface area (Å²) >= 11 is 5.86.